The summed E-state index contributed by atoms with van der Waals surface area (Å²) in [5.74, 6) is 1.19. The average molecular weight is 377 g/mol. The van der Waals surface area contributed by atoms with E-state index >= 15 is 0 Å². The molecule has 0 aliphatic carbocycles. The maximum atomic E-state index is 6.06. The van der Waals surface area contributed by atoms with E-state index in [-0.39, 0.29) is 0 Å². The van der Waals surface area contributed by atoms with Gasteiger partial charge in [0, 0.05) is 5.69 Å². The fourth-order valence-electron chi connectivity index (χ4n) is 1.67. The molecule has 0 saturated heterocycles. The van der Waals surface area contributed by atoms with E-state index in [0.717, 1.165) is 15.8 Å². The Morgan fingerprint density at radius 1 is 1.15 bits per heavy atom. The van der Waals surface area contributed by atoms with Gasteiger partial charge in [-0.15, -0.1) is 0 Å². The van der Waals surface area contributed by atoms with Gasteiger partial charge in [0.05, 0.1) is 21.6 Å². The van der Waals surface area contributed by atoms with Crippen LogP contribution in [0.5, 0.6) is 11.5 Å². The first-order valence-electron chi connectivity index (χ1n) is 5.71. The molecule has 0 aromatic heterocycles. The molecule has 2 rings (SSSR count). The molecule has 0 atom stereocenters. The van der Waals surface area contributed by atoms with Crippen molar-refractivity contribution in [2.24, 2.45) is 0 Å². The molecule has 0 fully saturated rings. The molecule has 20 heavy (non-hydrogen) atoms. The SMILES string of the molecule is COc1ccc(COc2c(Cl)cc(N)cc2Cl)cc1Br. The summed E-state index contributed by atoms with van der Waals surface area (Å²) < 4.78 is 11.7. The number of hydrogen-bond donors (Lipinski definition) is 1. The summed E-state index contributed by atoms with van der Waals surface area (Å²) in [6.07, 6.45) is 0. The van der Waals surface area contributed by atoms with E-state index in [9.17, 15) is 0 Å². The minimum absolute atomic E-state index is 0.339. The van der Waals surface area contributed by atoms with Crippen molar-refractivity contribution in [3.8, 4) is 11.5 Å². The smallest absolute Gasteiger partial charge is 0.157 e. The van der Waals surface area contributed by atoms with Gasteiger partial charge < -0.3 is 15.2 Å². The average Bonchev–Trinajstić information content (AvgIpc) is 2.37. The predicted octanol–water partition coefficient (Wildman–Crippen LogP) is 4.93. The summed E-state index contributed by atoms with van der Waals surface area (Å²) >= 11 is 15.5. The van der Waals surface area contributed by atoms with E-state index < -0.39 is 0 Å². The van der Waals surface area contributed by atoms with Crippen LogP contribution in [0.25, 0.3) is 0 Å². The lowest BCUT2D eigenvalue weighted by Gasteiger charge is -2.11. The Hall–Kier alpha value is -1.10. The predicted molar refractivity (Wildman–Crippen MR) is 85.9 cm³/mol. The van der Waals surface area contributed by atoms with Crippen LogP contribution >= 0.6 is 39.1 Å². The van der Waals surface area contributed by atoms with Crippen LogP contribution in [0.2, 0.25) is 10.0 Å². The number of nitrogen functional groups attached to an aromatic ring is 1. The van der Waals surface area contributed by atoms with Crippen molar-refractivity contribution in [2.45, 2.75) is 6.61 Å². The van der Waals surface area contributed by atoms with E-state index in [2.05, 4.69) is 15.9 Å². The van der Waals surface area contributed by atoms with E-state index in [0.29, 0.717) is 28.1 Å². The van der Waals surface area contributed by atoms with Crippen LogP contribution in [0, 0.1) is 0 Å². The maximum Gasteiger partial charge on any atom is 0.157 e. The molecule has 2 N–H and O–H groups in total. The number of halogens is 3. The molecule has 0 amide bonds. The summed E-state index contributed by atoms with van der Waals surface area (Å²) in [7, 11) is 1.62. The number of ether oxygens (including phenoxy) is 2. The van der Waals surface area contributed by atoms with E-state index in [1.165, 1.54) is 0 Å². The van der Waals surface area contributed by atoms with Crippen LogP contribution in [0.1, 0.15) is 5.56 Å². The molecular formula is C14H12BrCl2NO2. The summed E-state index contributed by atoms with van der Waals surface area (Å²) in [4.78, 5) is 0. The van der Waals surface area contributed by atoms with Crippen molar-refractivity contribution in [1.29, 1.82) is 0 Å². The number of nitrogens with two attached hydrogens (primary N) is 1. The third-order valence-corrected chi connectivity index (χ3v) is 3.80. The molecule has 0 unspecified atom stereocenters. The van der Waals surface area contributed by atoms with Crippen molar-refractivity contribution in [2.75, 3.05) is 12.8 Å². The Kier molecular flexibility index (Phi) is 5.02. The number of anilines is 1. The first-order chi connectivity index (χ1) is 9.51. The third-order valence-electron chi connectivity index (χ3n) is 2.62. The fourth-order valence-corrected chi connectivity index (χ4v) is 2.87. The Labute approximate surface area is 135 Å². The van der Waals surface area contributed by atoms with Crippen LogP contribution in [-0.2, 0) is 6.61 Å². The maximum absolute atomic E-state index is 6.06. The van der Waals surface area contributed by atoms with Crippen molar-refractivity contribution in [3.05, 3.63) is 50.4 Å². The third kappa shape index (κ3) is 3.51. The zero-order valence-corrected chi connectivity index (χ0v) is 13.7. The molecule has 106 valence electrons. The molecule has 6 heteroatoms. The Bertz CT molecular complexity index is 612. The zero-order chi connectivity index (χ0) is 14.7. The topological polar surface area (TPSA) is 44.5 Å². The standard InChI is InChI=1S/C14H12BrCl2NO2/c1-19-13-3-2-8(4-10(13)15)7-20-14-11(16)5-9(18)6-12(14)17/h2-6H,7,18H2,1H3. The summed E-state index contributed by atoms with van der Waals surface area (Å²) in [5.41, 5.74) is 7.10. The number of hydrogen-bond acceptors (Lipinski definition) is 3. The van der Waals surface area contributed by atoms with Gasteiger partial charge in [-0.1, -0.05) is 29.3 Å². The minimum Gasteiger partial charge on any atom is -0.496 e. The number of benzene rings is 2. The molecule has 0 bridgehead atoms. The highest BCUT2D eigenvalue weighted by atomic mass is 79.9. The Balaban J connectivity index is 2.15. The van der Waals surface area contributed by atoms with Gasteiger partial charge in [-0.2, -0.15) is 0 Å². The lowest BCUT2D eigenvalue weighted by atomic mass is 10.2. The van der Waals surface area contributed by atoms with Crippen LogP contribution < -0.4 is 15.2 Å². The quantitative estimate of drug-likeness (QED) is 0.769. The highest BCUT2D eigenvalue weighted by molar-refractivity contribution is 9.10. The van der Waals surface area contributed by atoms with Crippen molar-refractivity contribution in [3.63, 3.8) is 0 Å². The van der Waals surface area contributed by atoms with Gasteiger partial charge in [-0.05, 0) is 45.8 Å². The van der Waals surface area contributed by atoms with Gasteiger partial charge in [0.15, 0.2) is 5.75 Å². The molecule has 0 aliphatic rings. The highest BCUT2D eigenvalue weighted by Crippen LogP contribution is 2.36. The lowest BCUT2D eigenvalue weighted by Crippen LogP contribution is -1.98. The molecule has 0 radical (unpaired) electrons. The molecule has 0 spiro atoms. The first-order valence-corrected chi connectivity index (χ1v) is 7.26. The fraction of sp³-hybridized carbons (Fsp3) is 0.143. The second-order valence-electron chi connectivity index (χ2n) is 4.07. The minimum atomic E-state index is 0.339. The second kappa shape index (κ2) is 6.57. The van der Waals surface area contributed by atoms with Gasteiger partial charge in [-0.3, -0.25) is 0 Å². The molecule has 0 aliphatic heterocycles. The summed E-state index contributed by atoms with van der Waals surface area (Å²) in [6, 6.07) is 8.88. The zero-order valence-electron chi connectivity index (χ0n) is 10.6. The molecular weight excluding hydrogens is 365 g/mol. The highest BCUT2D eigenvalue weighted by Gasteiger charge is 2.09. The molecule has 2 aromatic carbocycles. The van der Waals surface area contributed by atoms with E-state index in [1.807, 2.05) is 18.2 Å². The van der Waals surface area contributed by atoms with E-state index in [4.69, 9.17) is 38.4 Å². The van der Waals surface area contributed by atoms with Gasteiger partial charge in [-0.25, -0.2) is 0 Å². The molecule has 3 nitrogen and oxygen atoms in total. The Morgan fingerprint density at radius 3 is 2.35 bits per heavy atom. The van der Waals surface area contributed by atoms with Crippen LogP contribution in [0.15, 0.2) is 34.8 Å². The Morgan fingerprint density at radius 2 is 1.80 bits per heavy atom. The summed E-state index contributed by atoms with van der Waals surface area (Å²) in [5, 5.41) is 0.783. The molecule has 0 heterocycles. The lowest BCUT2D eigenvalue weighted by molar-refractivity contribution is 0.306. The molecule has 0 saturated carbocycles. The van der Waals surface area contributed by atoms with Crippen LogP contribution in [-0.4, -0.2) is 7.11 Å². The van der Waals surface area contributed by atoms with Gasteiger partial charge in [0.1, 0.15) is 12.4 Å². The van der Waals surface area contributed by atoms with Crippen LogP contribution in [0.3, 0.4) is 0 Å². The van der Waals surface area contributed by atoms with Gasteiger partial charge in [0.25, 0.3) is 0 Å². The van der Waals surface area contributed by atoms with Gasteiger partial charge >= 0.3 is 0 Å². The summed E-state index contributed by atoms with van der Waals surface area (Å²) in [6.45, 7) is 0.339. The largest absolute Gasteiger partial charge is 0.496 e. The van der Waals surface area contributed by atoms with Gasteiger partial charge in [0.2, 0.25) is 0 Å². The number of rotatable bonds is 4. The monoisotopic (exact) mass is 375 g/mol. The van der Waals surface area contributed by atoms with Crippen molar-refractivity contribution >= 4 is 44.8 Å². The van der Waals surface area contributed by atoms with Crippen molar-refractivity contribution < 1.29 is 9.47 Å². The van der Waals surface area contributed by atoms with Crippen LogP contribution in [0.4, 0.5) is 5.69 Å². The number of methoxy groups -OCH3 is 1. The first kappa shape index (κ1) is 15.3. The van der Waals surface area contributed by atoms with E-state index in [1.54, 1.807) is 19.2 Å². The second-order valence-corrected chi connectivity index (χ2v) is 5.74. The molecule has 2 aromatic rings. The normalized spacial score (nSPS) is 10.4. The van der Waals surface area contributed by atoms with Crippen molar-refractivity contribution in [1.82, 2.24) is 0 Å².